The van der Waals surface area contributed by atoms with Gasteiger partial charge < -0.3 is 9.16 Å². The number of carbonyl (C=O) groups excluding carboxylic acids is 1. The highest BCUT2D eigenvalue weighted by molar-refractivity contribution is 6.74. The summed E-state index contributed by atoms with van der Waals surface area (Å²) in [6, 6.07) is 8.01. The van der Waals surface area contributed by atoms with Gasteiger partial charge in [-0.15, -0.1) is 0 Å². The maximum absolute atomic E-state index is 13.6. The van der Waals surface area contributed by atoms with E-state index in [9.17, 15) is 4.79 Å². The fraction of sp³-hybridized carbons (Fsp3) is 0.536. The van der Waals surface area contributed by atoms with Crippen molar-refractivity contribution in [3.8, 4) is 5.75 Å². The van der Waals surface area contributed by atoms with Gasteiger partial charge in [0, 0.05) is 12.0 Å². The van der Waals surface area contributed by atoms with Crippen LogP contribution < -0.4 is 4.74 Å². The van der Waals surface area contributed by atoms with Crippen molar-refractivity contribution in [1.82, 2.24) is 0 Å². The molecule has 0 bridgehead atoms. The Balaban J connectivity index is 2.07. The van der Waals surface area contributed by atoms with E-state index in [2.05, 4.69) is 72.5 Å². The summed E-state index contributed by atoms with van der Waals surface area (Å²) < 4.78 is 12.5. The minimum absolute atomic E-state index is 0.0594. The van der Waals surface area contributed by atoms with Crippen molar-refractivity contribution in [2.24, 2.45) is 17.3 Å². The van der Waals surface area contributed by atoms with E-state index in [4.69, 9.17) is 9.16 Å². The lowest BCUT2D eigenvalue weighted by Crippen LogP contribution is -2.47. The number of fused-ring (bicyclic) bond motifs is 1. The van der Waals surface area contributed by atoms with E-state index in [-0.39, 0.29) is 16.9 Å². The Kier molecular flexibility index (Phi) is 6.68. The number of methoxy groups -OCH3 is 1. The highest BCUT2D eigenvalue weighted by atomic mass is 28.4. The standard InChI is InChI=1S/C28H40O3Si/c1-19(2)22-17-23-16-21(15-14-20-12-10-11-13-24(20)30-7)26(28(23,6)25(29)18-22)31-32(8,9)27(3,4)5/h10-15,22-23H,1,16-18H2,2-9H3/b15-14-/t22-,23?,28-/m1/s1. The topological polar surface area (TPSA) is 35.5 Å². The first-order valence-corrected chi connectivity index (χ1v) is 14.6. The third kappa shape index (κ3) is 4.39. The summed E-state index contributed by atoms with van der Waals surface area (Å²) in [5.74, 6) is 2.59. The molecule has 2 aliphatic rings. The highest BCUT2D eigenvalue weighted by Gasteiger charge is 2.56. The average Bonchev–Trinajstić information content (AvgIpc) is 2.98. The molecule has 0 N–H and O–H groups in total. The molecule has 1 fully saturated rings. The van der Waals surface area contributed by atoms with Crippen molar-refractivity contribution < 1.29 is 14.0 Å². The summed E-state index contributed by atoms with van der Waals surface area (Å²) >= 11 is 0. The number of carbonyl (C=O) groups is 1. The Bertz CT molecular complexity index is 963. The van der Waals surface area contributed by atoms with E-state index >= 15 is 0 Å². The largest absolute Gasteiger partial charge is 0.545 e. The molecule has 3 nitrogen and oxygen atoms in total. The number of Topliss-reactive ketones (excluding diaryl/α,β-unsaturated/α-hetero) is 1. The maximum Gasteiger partial charge on any atom is 0.250 e. The van der Waals surface area contributed by atoms with E-state index in [0.717, 1.165) is 41.1 Å². The SMILES string of the molecule is C=C(C)[C@H]1CC(=O)[C@]2(C)C(O[Si](C)(C)C(C)(C)C)=C(/C=C\c3ccccc3OC)CC2C1. The van der Waals surface area contributed by atoms with Crippen molar-refractivity contribution >= 4 is 20.2 Å². The van der Waals surface area contributed by atoms with Crippen LogP contribution in [0.2, 0.25) is 18.1 Å². The minimum atomic E-state index is -2.12. The van der Waals surface area contributed by atoms with Crippen LogP contribution in [-0.4, -0.2) is 21.2 Å². The van der Waals surface area contributed by atoms with Crippen LogP contribution in [0.5, 0.6) is 5.75 Å². The number of hydrogen-bond donors (Lipinski definition) is 0. The van der Waals surface area contributed by atoms with Gasteiger partial charge in [0.2, 0.25) is 8.32 Å². The molecule has 1 aromatic carbocycles. The molecule has 0 aromatic heterocycles. The van der Waals surface area contributed by atoms with Crippen LogP contribution in [0.3, 0.4) is 0 Å². The third-order valence-corrected chi connectivity index (χ3v) is 12.4. The molecule has 4 heteroatoms. The third-order valence-electron chi connectivity index (χ3n) is 8.09. The molecule has 3 atom stereocenters. The van der Waals surface area contributed by atoms with Gasteiger partial charge in [-0.1, -0.05) is 63.3 Å². The smallest absolute Gasteiger partial charge is 0.250 e. The predicted molar refractivity (Wildman–Crippen MR) is 136 cm³/mol. The van der Waals surface area contributed by atoms with Gasteiger partial charge in [-0.05, 0) is 68.3 Å². The summed E-state index contributed by atoms with van der Waals surface area (Å²) in [6.45, 7) is 19.6. The molecule has 3 rings (SSSR count). The Morgan fingerprint density at radius 1 is 1.19 bits per heavy atom. The van der Waals surface area contributed by atoms with Crippen LogP contribution in [0, 0.1) is 17.3 Å². The van der Waals surface area contributed by atoms with Crippen LogP contribution >= 0.6 is 0 Å². The van der Waals surface area contributed by atoms with Gasteiger partial charge in [0.1, 0.15) is 11.5 Å². The second kappa shape index (κ2) is 8.70. The molecule has 1 unspecified atom stereocenters. The molecule has 174 valence electrons. The number of para-hydroxylation sites is 1. The van der Waals surface area contributed by atoms with Crippen molar-refractivity contribution in [3.63, 3.8) is 0 Å². The Morgan fingerprint density at radius 3 is 2.44 bits per heavy atom. The molecule has 1 aromatic rings. The first kappa shape index (κ1) is 24.6. The Labute approximate surface area is 195 Å². The first-order valence-electron chi connectivity index (χ1n) is 11.7. The highest BCUT2D eigenvalue weighted by Crippen LogP contribution is 2.57. The molecule has 0 radical (unpaired) electrons. The molecule has 0 amide bonds. The molecule has 0 saturated heterocycles. The number of ether oxygens (including phenoxy) is 1. The zero-order valence-corrected chi connectivity index (χ0v) is 22.2. The number of benzene rings is 1. The molecule has 32 heavy (non-hydrogen) atoms. The molecular formula is C28H40O3Si. The van der Waals surface area contributed by atoms with E-state index in [0.29, 0.717) is 12.2 Å². The Morgan fingerprint density at radius 2 is 1.84 bits per heavy atom. The van der Waals surface area contributed by atoms with E-state index in [1.54, 1.807) is 7.11 Å². The van der Waals surface area contributed by atoms with E-state index in [1.165, 1.54) is 0 Å². The lowest BCUT2D eigenvalue weighted by Gasteiger charge is -2.44. The van der Waals surface area contributed by atoms with Crippen LogP contribution in [0.4, 0.5) is 0 Å². The van der Waals surface area contributed by atoms with E-state index < -0.39 is 13.7 Å². The zero-order valence-electron chi connectivity index (χ0n) is 21.2. The van der Waals surface area contributed by atoms with Gasteiger partial charge in [-0.3, -0.25) is 4.79 Å². The summed E-state index contributed by atoms with van der Waals surface area (Å²) in [5, 5.41) is 0.0594. The number of hydrogen-bond acceptors (Lipinski definition) is 3. The molecule has 2 aliphatic carbocycles. The second-order valence-corrected chi connectivity index (χ2v) is 16.0. The predicted octanol–water partition coefficient (Wildman–Crippen LogP) is 7.57. The summed E-state index contributed by atoms with van der Waals surface area (Å²) in [5.41, 5.74) is 2.75. The van der Waals surface area contributed by atoms with Gasteiger partial charge in [-0.2, -0.15) is 0 Å². The maximum atomic E-state index is 13.6. The monoisotopic (exact) mass is 452 g/mol. The molecule has 0 aliphatic heterocycles. The fourth-order valence-corrected chi connectivity index (χ4v) is 5.87. The quantitative estimate of drug-likeness (QED) is 0.330. The van der Waals surface area contributed by atoms with Crippen LogP contribution in [0.15, 0.2) is 53.8 Å². The molecule has 1 saturated carbocycles. The Hall–Kier alpha value is -2.07. The lowest BCUT2D eigenvalue weighted by molar-refractivity contribution is -0.133. The summed E-state index contributed by atoms with van der Waals surface area (Å²) in [4.78, 5) is 13.6. The number of ketones is 1. The lowest BCUT2D eigenvalue weighted by atomic mass is 9.63. The number of rotatable bonds is 6. The fourth-order valence-electron chi connectivity index (χ4n) is 4.71. The molecule has 0 heterocycles. The van der Waals surface area contributed by atoms with Crippen LogP contribution in [0.1, 0.15) is 59.4 Å². The van der Waals surface area contributed by atoms with Gasteiger partial charge in [0.25, 0.3) is 0 Å². The van der Waals surface area contributed by atoms with Crippen LogP contribution in [0.25, 0.3) is 6.08 Å². The molecule has 0 spiro atoms. The normalized spacial score (nSPS) is 26.4. The summed E-state index contributed by atoms with van der Waals surface area (Å²) in [6.07, 6.45) is 6.68. The van der Waals surface area contributed by atoms with E-state index in [1.807, 2.05) is 18.2 Å². The van der Waals surface area contributed by atoms with Crippen molar-refractivity contribution in [1.29, 1.82) is 0 Å². The first-order chi connectivity index (χ1) is 14.8. The van der Waals surface area contributed by atoms with Gasteiger partial charge in [-0.25, -0.2) is 0 Å². The summed E-state index contributed by atoms with van der Waals surface area (Å²) in [7, 11) is -0.422. The van der Waals surface area contributed by atoms with Crippen molar-refractivity contribution in [3.05, 3.63) is 59.4 Å². The van der Waals surface area contributed by atoms with Crippen molar-refractivity contribution in [2.45, 2.75) is 72.0 Å². The number of allylic oxidation sites excluding steroid dienone is 4. The van der Waals surface area contributed by atoms with Gasteiger partial charge >= 0.3 is 0 Å². The van der Waals surface area contributed by atoms with Gasteiger partial charge in [0.15, 0.2) is 0 Å². The molecular weight excluding hydrogens is 412 g/mol. The van der Waals surface area contributed by atoms with Crippen molar-refractivity contribution in [2.75, 3.05) is 7.11 Å². The van der Waals surface area contributed by atoms with Gasteiger partial charge in [0.05, 0.1) is 18.3 Å². The average molecular weight is 453 g/mol. The second-order valence-electron chi connectivity index (χ2n) is 11.3. The minimum Gasteiger partial charge on any atom is -0.545 e. The van der Waals surface area contributed by atoms with Crippen LogP contribution in [-0.2, 0) is 9.22 Å². The zero-order chi connectivity index (χ0) is 23.9.